The van der Waals surface area contributed by atoms with Crippen LogP contribution in [-0.4, -0.2) is 47.3 Å². The lowest BCUT2D eigenvalue weighted by Gasteiger charge is -2.19. The Morgan fingerprint density at radius 2 is 1.94 bits per heavy atom. The van der Waals surface area contributed by atoms with E-state index in [0.717, 1.165) is 24.8 Å². The van der Waals surface area contributed by atoms with Gasteiger partial charge in [-0.2, -0.15) is 0 Å². The second kappa shape index (κ2) is 10.8. The van der Waals surface area contributed by atoms with Crippen molar-refractivity contribution in [3.8, 4) is 0 Å². The van der Waals surface area contributed by atoms with Gasteiger partial charge in [0.05, 0.1) is 11.6 Å². The quantitative estimate of drug-likeness (QED) is 0.476. The standard InChI is InChI=1S/C28H31N3O5/c1-28(2,3)36-27(34)31-18-20(23-11-4-5-12-24(23)31)13-14-25(32)30-21-9-6-8-19(16-21)26(33)29-17-22-10-7-15-35-22/h4-6,8-9,11-14,16,18,22H,7,10,15,17H2,1-3H3,(H,29,33)(H,30,32)/b14-13+/t22-/m0/s1. The van der Waals surface area contributed by atoms with Gasteiger partial charge in [0.2, 0.25) is 5.91 Å². The van der Waals surface area contributed by atoms with E-state index < -0.39 is 11.7 Å². The molecule has 2 heterocycles. The maximum absolute atomic E-state index is 12.7. The Kier molecular flexibility index (Phi) is 7.55. The Hall–Kier alpha value is -3.91. The van der Waals surface area contributed by atoms with E-state index in [0.29, 0.717) is 28.9 Å². The van der Waals surface area contributed by atoms with Crippen molar-refractivity contribution in [3.05, 3.63) is 71.9 Å². The highest BCUT2D eigenvalue weighted by molar-refractivity contribution is 6.05. The predicted octanol–water partition coefficient (Wildman–Crippen LogP) is 4.99. The summed E-state index contributed by atoms with van der Waals surface area (Å²) in [5, 5.41) is 6.48. The Morgan fingerprint density at radius 3 is 2.69 bits per heavy atom. The van der Waals surface area contributed by atoms with Crippen molar-refractivity contribution in [2.45, 2.75) is 45.3 Å². The summed E-state index contributed by atoms with van der Waals surface area (Å²) in [6, 6.07) is 14.2. The molecule has 2 amide bonds. The van der Waals surface area contributed by atoms with Gasteiger partial charge >= 0.3 is 6.09 Å². The van der Waals surface area contributed by atoms with Crippen molar-refractivity contribution in [3.63, 3.8) is 0 Å². The molecule has 1 atom stereocenters. The molecule has 0 bridgehead atoms. The number of amides is 2. The first kappa shape index (κ1) is 25.2. The van der Waals surface area contributed by atoms with Gasteiger partial charge < -0.3 is 20.1 Å². The summed E-state index contributed by atoms with van der Waals surface area (Å²) in [4.78, 5) is 37.8. The molecule has 1 saturated heterocycles. The van der Waals surface area contributed by atoms with E-state index in [2.05, 4.69) is 10.6 Å². The lowest BCUT2D eigenvalue weighted by atomic mass is 10.1. The molecule has 8 nitrogen and oxygen atoms in total. The summed E-state index contributed by atoms with van der Waals surface area (Å²) in [5.41, 5.74) is 1.72. The van der Waals surface area contributed by atoms with Gasteiger partial charge in [0.25, 0.3) is 5.91 Å². The second-order valence-corrected chi connectivity index (χ2v) is 9.70. The molecule has 1 fully saturated rings. The van der Waals surface area contributed by atoms with Crippen molar-refractivity contribution >= 4 is 40.6 Å². The summed E-state index contributed by atoms with van der Waals surface area (Å²) >= 11 is 0. The number of hydrogen-bond donors (Lipinski definition) is 2. The molecule has 2 N–H and O–H groups in total. The lowest BCUT2D eigenvalue weighted by Crippen LogP contribution is -2.31. The average Bonchev–Trinajstić information content (AvgIpc) is 3.48. The summed E-state index contributed by atoms with van der Waals surface area (Å²) in [6.07, 6.45) is 6.22. The highest BCUT2D eigenvalue weighted by Crippen LogP contribution is 2.24. The zero-order valence-corrected chi connectivity index (χ0v) is 20.7. The number of carbonyl (C=O) groups excluding carboxylic acids is 3. The number of nitrogens with zero attached hydrogens (tertiary/aromatic N) is 1. The summed E-state index contributed by atoms with van der Waals surface area (Å²) in [5.74, 6) is -0.576. The third kappa shape index (κ3) is 6.40. The van der Waals surface area contributed by atoms with Crippen LogP contribution >= 0.6 is 0 Å². The number of nitrogens with one attached hydrogen (secondary N) is 2. The second-order valence-electron chi connectivity index (χ2n) is 9.70. The van der Waals surface area contributed by atoms with Crippen LogP contribution in [0.5, 0.6) is 0 Å². The summed E-state index contributed by atoms with van der Waals surface area (Å²) < 4.78 is 12.5. The molecular weight excluding hydrogens is 458 g/mol. The van der Waals surface area contributed by atoms with E-state index in [1.54, 1.807) is 36.5 Å². The van der Waals surface area contributed by atoms with Gasteiger partial charge in [0.1, 0.15) is 5.60 Å². The maximum Gasteiger partial charge on any atom is 0.419 e. The molecule has 1 aliphatic rings. The van der Waals surface area contributed by atoms with Crippen LogP contribution in [0, 0.1) is 0 Å². The Balaban J connectivity index is 1.43. The summed E-state index contributed by atoms with van der Waals surface area (Å²) in [7, 11) is 0. The van der Waals surface area contributed by atoms with Crippen LogP contribution in [0.15, 0.2) is 60.8 Å². The monoisotopic (exact) mass is 489 g/mol. The van der Waals surface area contributed by atoms with Crippen LogP contribution < -0.4 is 10.6 Å². The Bertz CT molecular complexity index is 1300. The van der Waals surface area contributed by atoms with E-state index in [1.165, 1.54) is 10.6 Å². The molecule has 0 saturated carbocycles. The van der Waals surface area contributed by atoms with E-state index in [4.69, 9.17) is 9.47 Å². The van der Waals surface area contributed by atoms with Gasteiger partial charge in [-0.3, -0.25) is 14.2 Å². The van der Waals surface area contributed by atoms with Gasteiger partial charge in [-0.05, 0) is 64.0 Å². The van der Waals surface area contributed by atoms with Crippen molar-refractivity contribution in [2.24, 2.45) is 0 Å². The number of hydrogen-bond acceptors (Lipinski definition) is 5. The fourth-order valence-electron chi connectivity index (χ4n) is 4.00. The number of anilines is 1. The zero-order valence-electron chi connectivity index (χ0n) is 20.7. The fraction of sp³-hybridized carbons (Fsp3) is 0.321. The number of aromatic nitrogens is 1. The van der Waals surface area contributed by atoms with Crippen LogP contribution in [0.3, 0.4) is 0 Å². The molecule has 1 aliphatic heterocycles. The number of rotatable bonds is 6. The van der Waals surface area contributed by atoms with Crippen LogP contribution in [0.2, 0.25) is 0 Å². The molecule has 36 heavy (non-hydrogen) atoms. The number of ether oxygens (including phenoxy) is 2. The number of para-hydroxylation sites is 1. The third-order valence-electron chi connectivity index (χ3n) is 5.65. The minimum atomic E-state index is -0.631. The SMILES string of the molecule is CC(C)(C)OC(=O)n1cc(/C=C/C(=O)Nc2cccc(C(=O)NC[C@@H]3CCCO3)c2)c2ccccc21. The first-order valence-corrected chi connectivity index (χ1v) is 12.0. The zero-order chi connectivity index (χ0) is 25.7. The predicted molar refractivity (Wildman–Crippen MR) is 139 cm³/mol. The van der Waals surface area contributed by atoms with Crippen LogP contribution in [0.25, 0.3) is 17.0 Å². The molecule has 0 aliphatic carbocycles. The van der Waals surface area contributed by atoms with Gasteiger partial charge in [0.15, 0.2) is 0 Å². The molecule has 2 aromatic carbocycles. The molecule has 0 unspecified atom stereocenters. The highest BCUT2D eigenvalue weighted by Gasteiger charge is 2.20. The largest absolute Gasteiger partial charge is 0.443 e. The molecule has 8 heteroatoms. The van der Waals surface area contributed by atoms with Gasteiger partial charge in [-0.15, -0.1) is 0 Å². The molecular formula is C28H31N3O5. The fourth-order valence-corrected chi connectivity index (χ4v) is 4.00. The van der Waals surface area contributed by atoms with E-state index in [9.17, 15) is 14.4 Å². The van der Waals surface area contributed by atoms with Crippen molar-refractivity contribution < 1.29 is 23.9 Å². The molecule has 1 aromatic heterocycles. The molecule has 3 aromatic rings. The van der Waals surface area contributed by atoms with Crippen molar-refractivity contribution in [2.75, 3.05) is 18.5 Å². The van der Waals surface area contributed by atoms with Crippen LogP contribution in [0.4, 0.5) is 10.5 Å². The van der Waals surface area contributed by atoms with E-state index >= 15 is 0 Å². The minimum absolute atomic E-state index is 0.0586. The summed E-state index contributed by atoms with van der Waals surface area (Å²) in [6.45, 7) is 6.63. The van der Waals surface area contributed by atoms with Gasteiger partial charge in [0, 0.05) is 47.6 Å². The van der Waals surface area contributed by atoms with Gasteiger partial charge in [-0.1, -0.05) is 24.3 Å². The third-order valence-corrected chi connectivity index (χ3v) is 5.65. The number of carbonyl (C=O) groups is 3. The molecule has 0 spiro atoms. The van der Waals surface area contributed by atoms with Gasteiger partial charge in [-0.25, -0.2) is 4.79 Å². The maximum atomic E-state index is 12.7. The lowest BCUT2D eigenvalue weighted by molar-refractivity contribution is -0.111. The van der Waals surface area contributed by atoms with E-state index in [1.807, 2.05) is 45.0 Å². The number of fused-ring (bicyclic) bond motifs is 1. The van der Waals surface area contributed by atoms with Crippen LogP contribution in [0.1, 0.15) is 49.5 Å². The molecule has 4 rings (SSSR count). The Morgan fingerprint density at radius 1 is 1.14 bits per heavy atom. The van der Waals surface area contributed by atoms with Crippen molar-refractivity contribution in [1.82, 2.24) is 9.88 Å². The molecule has 188 valence electrons. The normalized spacial score (nSPS) is 15.8. The molecule has 0 radical (unpaired) electrons. The topological polar surface area (TPSA) is 98.7 Å². The average molecular weight is 490 g/mol. The van der Waals surface area contributed by atoms with E-state index in [-0.39, 0.29) is 17.9 Å². The first-order valence-electron chi connectivity index (χ1n) is 12.0. The minimum Gasteiger partial charge on any atom is -0.443 e. The van der Waals surface area contributed by atoms with Crippen molar-refractivity contribution in [1.29, 1.82) is 0 Å². The number of benzene rings is 2. The first-order chi connectivity index (χ1) is 17.2. The van der Waals surface area contributed by atoms with Crippen LogP contribution in [-0.2, 0) is 14.3 Å². The Labute approximate surface area is 210 Å². The highest BCUT2D eigenvalue weighted by atomic mass is 16.6. The smallest absolute Gasteiger partial charge is 0.419 e.